The van der Waals surface area contributed by atoms with Gasteiger partial charge < -0.3 is 15.5 Å². The van der Waals surface area contributed by atoms with Crippen molar-refractivity contribution in [2.75, 3.05) is 24.2 Å². The molecule has 5 nitrogen and oxygen atoms in total. The highest BCUT2D eigenvalue weighted by atomic mass is 32.2. The zero-order chi connectivity index (χ0) is 17.2. The normalized spacial score (nSPS) is 25.0. The largest absolute Gasteiger partial charge is 0.353 e. The van der Waals surface area contributed by atoms with Crippen molar-refractivity contribution in [3.05, 3.63) is 24.3 Å². The Bertz CT molecular complexity index is 654. The van der Waals surface area contributed by atoms with Gasteiger partial charge in [-0.25, -0.2) is 0 Å². The molecule has 1 aromatic carbocycles. The molecule has 1 saturated carbocycles. The maximum atomic E-state index is 12.4. The number of likely N-dealkylation sites (tertiary alicyclic amines) is 1. The number of para-hydroxylation sites is 1. The number of thioether (sulfide) groups is 1. The lowest BCUT2D eigenvalue weighted by Crippen LogP contribution is -2.46. The Morgan fingerprint density at radius 3 is 2.72 bits per heavy atom. The molecule has 2 aliphatic heterocycles. The van der Waals surface area contributed by atoms with E-state index in [2.05, 4.69) is 15.5 Å². The van der Waals surface area contributed by atoms with Gasteiger partial charge in [-0.1, -0.05) is 12.1 Å². The number of anilines is 1. The Balaban J connectivity index is 1.27. The summed E-state index contributed by atoms with van der Waals surface area (Å²) in [5, 5.41) is 6.11. The molecule has 0 aromatic heterocycles. The lowest BCUT2D eigenvalue weighted by Gasteiger charge is -2.32. The number of hydrogen-bond acceptors (Lipinski definition) is 4. The monoisotopic (exact) mass is 359 g/mol. The molecule has 0 spiro atoms. The highest BCUT2D eigenvalue weighted by Crippen LogP contribution is 2.33. The summed E-state index contributed by atoms with van der Waals surface area (Å²) in [4.78, 5) is 28.5. The first-order valence-corrected chi connectivity index (χ1v) is 10.2. The number of amides is 2. The third-order valence-electron chi connectivity index (χ3n) is 5.35. The Kier molecular flexibility index (Phi) is 4.99. The topological polar surface area (TPSA) is 61.4 Å². The van der Waals surface area contributed by atoms with Crippen LogP contribution in [0.2, 0.25) is 0 Å². The third-order valence-corrected chi connectivity index (χ3v) is 6.58. The lowest BCUT2D eigenvalue weighted by atomic mass is 10.0. The van der Waals surface area contributed by atoms with Gasteiger partial charge in [0.1, 0.15) is 0 Å². The van der Waals surface area contributed by atoms with Crippen LogP contribution in [0.15, 0.2) is 29.2 Å². The van der Waals surface area contributed by atoms with Gasteiger partial charge in [0.05, 0.1) is 11.6 Å². The Hall–Kier alpha value is -1.53. The van der Waals surface area contributed by atoms with Crippen molar-refractivity contribution in [1.82, 2.24) is 10.2 Å². The zero-order valence-electron chi connectivity index (χ0n) is 14.4. The van der Waals surface area contributed by atoms with E-state index in [0.29, 0.717) is 5.75 Å². The molecule has 134 valence electrons. The molecule has 1 aliphatic carbocycles. The zero-order valence-corrected chi connectivity index (χ0v) is 15.2. The molecular weight excluding hydrogens is 334 g/mol. The maximum Gasteiger partial charge on any atom is 0.228 e. The number of fused-ring (bicyclic) bond motifs is 1. The van der Waals surface area contributed by atoms with Gasteiger partial charge in [0, 0.05) is 42.2 Å². The molecule has 1 atom stereocenters. The average Bonchev–Trinajstić information content (AvgIpc) is 3.45. The van der Waals surface area contributed by atoms with E-state index in [9.17, 15) is 9.59 Å². The first-order chi connectivity index (χ1) is 12.2. The molecule has 0 radical (unpaired) electrons. The van der Waals surface area contributed by atoms with E-state index in [1.165, 1.54) is 12.8 Å². The fraction of sp³-hybridized carbons (Fsp3) is 0.579. The Labute approximate surface area is 152 Å². The number of nitrogens with zero attached hydrogens (tertiary/aromatic N) is 1. The molecule has 2 amide bonds. The summed E-state index contributed by atoms with van der Waals surface area (Å²) < 4.78 is 0. The van der Waals surface area contributed by atoms with Crippen LogP contribution in [0.5, 0.6) is 0 Å². The fourth-order valence-corrected chi connectivity index (χ4v) is 4.81. The van der Waals surface area contributed by atoms with E-state index in [4.69, 9.17) is 0 Å². The van der Waals surface area contributed by atoms with E-state index in [0.717, 1.165) is 42.6 Å². The number of hydrogen-bond donors (Lipinski definition) is 2. The van der Waals surface area contributed by atoms with Gasteiger partial charge >= 0.3 is 0 Å². The summed E-state index contributed by atoms with van der Waals surface area (Å²) in [7, 11) is 0. The Morgan fingerprint density at radius 2 is 1.96 bits per heavy atom. The fourth-order valence-electron chi connectivity index (χ4n) is 3.71. The molecule has 1 unspecified atom stereocenters. The summed E-state index contributed by atoms with van der Waals surface area (Å²) in [6.07, 6.45) is 5.01. The number of nitrogens with one attached hydrogen (secondary N) is 2. The predicted octanol–water partition coefficient (Wildman–Crippen LogP) is 2.48. The highest BCUT2D eigenvalue weighted by molar-refractivity contribution is 7.99. The number of carbonyl (C=O) groups excluding carboxylic acids is 2. The highest BCUT2D eigenvalue weighted by Gasteiger charge is 2.32. The summed E-state index contributed by atoms with van der Waals surface area (Å²) >= 11 is 1.65. The molecule has 2 N–H and O–H groups in total. The first-order valence-electron chi connectivity index (χ1n) is 9.25. The van der Waals surface area contributed by atoms with Crippen molar-refractivity contribution in [3.63, 3.8) is 0 Å². The summed E-state index contributed by atoms with van der Waals surface area (Å²) in [6.45, 7) is 2.18. The molecule has 1 aromatic rings. The van der Waals surface area contributed by atoms with E-state index in [1.54, 1.807) is 11.8 Å². The second-order valence-corrected chi connectivity index (χ2v) is 8.37. The first kappa shape index (κ1) is 16.9. The minimum absolute atomic E-state index is 0.0107. The van der Waals surface area contributed by atoms with Crippen LogP contribution in [0.1, 0.15) is 32.1 Å². The molecule has 6 heteroatoms. The molecule has 2 fully saturated rings. The Morgan fingerprint density at radius 1 is 1.20 bits per heavy atom. The van der Waals surface area contributed by atoms with Crippen LogP contribution >= 0.6 is 11.8 Å². The molecule has 3 aliphatic rings. The van der Waals surface area contributed by atoms with Crippen LogP contribution < -0.4 is 10.6 Å². The standard InChI is InChI=1S/C19H25N3O2S/c23-18(20-14-7-9-22(10-8-14)15-5-6-15)11-13-12-25-17-4-2-1-3-16(17)21-19(13)24/h1-4,13-15H,5-12H2,(H,20,23)(H,21,24). The molecular formula is C19H25N3O2S. The minimum Gasteiger partial charge on any atom is -0.353 e. The van der Waals surface area contributed by atoms with E-state index < -0.39 is 0 Å². The van der Waals surface area contributed by atoms with Gasteiger partial charge in [-0.3, -0.25) is 9.59 Å². The minimum atomic E-state index is -0.274. The molecule has 1 saturated heterocycles. The number of carbonyl (C=O) groups is 2. The van der Waals surface area contributed by atoms with Gasteiger partial charge in [0.25, 0.3) is 0 Å². The van der Waals surface area contributed by atoms with Crippen LogP contribution in [0, 0.1) is 5.92 Å². The molecule has 25 heavy (non-hydrogen) atoms. The van der Waals surface area contributed by atoms with Crippen molar-refractivity contribution in [3.8, 4) is 0 Å². The van der Waals surface area contributed by atoms with E-state index in [1.807, 2.05) is 24.3 Å². The summed E-state index contributed by atoms with van der Waals surface area (Å²) in [6, 6.07) is 8.89. The lowest BCUT2D eigenvalue weighted by molar-refractivity contribution is -0.127. The maximum absolute atomic E-state index is 12.4. The van der Waals surface area contributed by atoms with Crippen LogP contribution in [0.4, 0.5) is 5.69 Å². The second kappa shape index (κ2) is 7.38. The van der Waals surface area contributed by atoms with Crippen LogP contribution in [0.3, 0.4) is 0 Å². The van der Waals surface area contributed by atoms with Crippen molar-refractivity contribution < 1.29 is 9.59 Å². The van der Waals surface area contributed by atoms with Crippen LogP contribution in [-0.2, 0) is 9.59 Å². The quantitative estimate of drug-likeness (QED) is 0.867. The molecule has 0 bridgehead atoms. The third kappa shape index (κ3) is 4.18. The van der Waals surface area contributed by atoms with Gasteiger partial charge in [-0.15, -0.1) is 11.8 Å². The van der Waals surface area contributed by atoms with Crippen LogP contribution in [-0.4, -0.2) is 47.6 Å². The number of benzene rings is 1. The molecule has 4 rings (SSSR count). The number of piperidine rings is 1. The molecule has 2 heterocycles. The second-order valence-electron chi connectivity index (χ2n) is 7.31. The number of rotatable bonds is 4. The van der Waals surface area contributed by atoms with E-state index in [-0.39, 0.29) is 30.2 Å². The van der Waals surface area contributed by atoms with Gasteiger partial charge in [0.15, 0.2) is 0 Å². The van der Waals surface area contributed by atoms with Crippen molar-refractivity contribution >= 4 is 29.3 Å². The summed E-state index contributed by atoms with van der Waals surface area (Å²) in [5.74, 6) is 0.341. The average molecular weight is 359 g/mol. The van der Waals surface area contributed by atoms with Crippen molar-refractivity contribution in [2.24, 2.45) is 5.92 Å². The van der Waals surface area contributed by atoms with Gasteiger partial charge in [-0.05, 0) is 37.8 Å². The smallest absolute Gasteiger partial charge is 0.228 e. The SMILES string of the molecule is O=C(CC1CSc2ccccc2NC1=O)NC1CCN(C2CC2)CC1. The predicted molar refractivity (Wildman–Crippen MR) is 99.7 cm³/mol. The van der Waals surface area contributed by atoms with Crippen molar-refractivity contribution in [2.45, 2.75) is 49.1 Å². The van der Waals surface area contributed by atoms with Gasteiger partial charge in [0.2, 0.25) is 11.8 Å². The van der Waals surface area contributed by atoms with Crippen molar-refractivity contribution in [1.29, 1.82) is 0 Å². The van der Waals surface area contributed by atoms with Gasteiger partial charge in [-0.2, -0.15) is 0 Å². The summed E-state index contributed by atoms with van der Waals surface area (Å²) in [5.41, 5.74) is 0.854. The van der Waals surface area contributed by atoms with Crippen LogP contribution in [0.25, 0.3) is 0 Å². The van der Waals surface area contributed by atoms with E-state index >= 15 is 0 Å².